The molecule has 2 aliphatic heterocycles. The van der Waals surface area contributed by atoms with Crippen LogP contribution in [0, 0.1) is 27.7 Å². The molecule has 8 bridgehead atoms. The van der Waals surface area contributed by atoms with Crippen molar-refractivity contribution in [3.8, 4) is 89.0 Å². The molecule has 0 atom stereocenters. The first-order valence-corrected chi connectivity index (χ1v) is 26.1. The molecule has 3 aromatic heterocycles. The highest BCUT2D eigenvalue weighted by Crippen LogP contribution is 2.40. The minimum Gasteiger partial charge on any atom is -0.354 e. The number of rotatable bonds is 8. The predicted molar refractivity (Wildman–Crippen MR) is 321 cm³/mol. The topological polar surface area (TPSA) is 57.4 Å². The van der Waals surface area contributed by atoms with Crippen molar-refractivity contribution < 1.29 is 0 Å². The van der Waals surface area contributed by atoms with Gasteiger partial charge in [0.25, 0.3) is 0 Å². The lowest BCUT2D eigenvalue weighted by molar-refractivity contribution is 1.31. The lowest BCUT2D eigenvalue weighted by Gasteiger charge is -2.09. The van der Waals surface area contributed by atoms with Crippen LogP contribution in [-0.4, -0.2) is 19.9 Å². The smallest absolute Gasteiger partial charge is 0.0737 e. The molecule has 2 aliphatic rings. The van der Waals surface area contributed by atoms with Crippen LogP contribution in [0.3, 0.4) is 0 Å². The molecule has 362 valence electrons. The zero-order valence-corrected chi connectivity index (χ0v) is 43.0. The SMILES string of the molecule is Cc1ccc(-c2ccc(-c3c4nc(c(-c5ccc(-c6ccc(C)cc6)cc5)c5ccc([nH]5)c(-c5ccc(-c6ccc(C)cc6)cc5)c5nc(c(-c6ccc(-c7ccc(C)cc7)cc6)c6ccc3[nH]6)C=C5)C=C4)cc2)cc1. The van der Waals surface area contributed by atoms with Crippen molar-refractivity contribution in [2.75, 3.05) is 0 Å². The Kier molecular flexibility index (Phi) is 11.7. The Bertz CT molecular complexity index is 3660. The zero-order valence-electron chi connectivity index (χ0n) is 43.0. The van der Waals surface area contributed by atoms with Crippen molar-refractivity contribution >= 4 is 46.4 Å². The fourth-order valence-corrected chi connectivity index (χ4v) is 10.7. The van der Waals surface area contributed by atoms with Crippen molar-refractivity contribution in [1.82, 2.24) is 19.9 Å². The number of fused-ring (bicyclic) bond motifs is 8. The number of nitrogens with zero attached hydrogens (tertiary/aromatic N) is 2. The largest absolute Gasteiger partial charge is 0.354 e. The number of hydrogen-bond donors (Lipinski definition) is 2. The van der Waals surface area contributed by atoms with Crippen LogP contribution in [0.15, 0.2) is 218 Å². The summed E-state index contributed by atoms with van der Waals surface area (Å²) in [5.41, 5.74) is 30.0. The maximum atomic E-state index is 5.62. The van der Waals surface area contributed by atoms with Crippen molar-refractivity contribution in [1.29, 1.82) is 0 Å². The number of aromatic nitrogens is 4. The molecule has 4 heteroatoms. The van der Waals surface area contributed by atoms with E-state index < -0.39 is 0 Å². The number of hydrogen-bond acceptors (Lipinski definition) is 2. The van der Waals surface area contributed by atoms with Gasteiger partial charge in [0.1, 0.15) is 0 Å². The van der Waals surface area contributed by atoms with Gasteiger partial charge in [-0.1, -0.05) is 216 Å². The van der Waals surface area contributed by atoms with Gasteiger partial charge in [-0.2, -0.15) is 0 Å². The van der Waals surface area contributed by atoms with Gasteiger partial charge < -0.3 is 9.97 Å². The average Bonchev–Trinajstić information content (AvgIpc) is 4.33. The summed E-state index contributed by atoms with van der Waals surface area (Å²) >= 11 is 0. The molecule has 0 saturated heterocycles. The molecular formula is C72H54N4. The molecule has 0 amide bonds. The van der Waals surface area contributed by atoms with Crippen LogP contribution in [0.5, 0.6) is 0 Å². The summed E-state index contributed by atoms with van der Waals surface area (Å²) in [7, 11) is 0. The molecular weight excluding hydrogens is 921 g/mol. The molecule has 76 heavy (non-hydrogen) atoms. The Morgan fingerprint density at radius 1 is 0.197 bits per heavy atom. The summed E-state index contributed by atoms with van der Waals surface area (Å²) in [6, 6.07) is 79.3. The van der Waals surface area contributed by atoms with Crippen LogP contribution in [-0.2, 0) is 0 Å². The molecule has 13 rings (SSSR count). The monoisotopic (exact) mass is 974 g/mol. The molecule has 0 unspecified atom stereocenters. The summed E-state index contributed by atoms with van der Waals surface area (Å²) in [5, 5.41) is 0. The number of benzene rings is 8. The molecule has 5 heterocycles. The van der Waals surface area contributed by atoms with Crippen molar-refractivity contribution in [2.45, 2.75) is 27.7 Å². The zero-order chi connectivity index (χ0) is 51.3. The van der Waals surface area contributed by atoms with Gasteiger partial charge in [0.2, 0.25) is 0 Å². The van der Waals surface area contributed by atoms with Gasteiger partial charge in [-0.3, -0.25) is 0 Å². The van der Waals surface area contributed by atoms with Gasteiger partial charge in [0.05, 0.1) is 22.8 Å². The third-order valence-corrected chi connectivity index (χ3v) is 15.0. The maximum absolute atomic E-state index is 5.62. The molecule has 2 N–H and O–H groups in total. The normalized spacial score (nSPS) is 11.8. The standard InChI is InChI=1S/C72H54N4/c1-45-5-13-49(14-6-45)53-21-29-57(30-22-53)69-61-37-39-63(73-61)70(58-31-23-54(24-32-58)50-15-7-46(2)8-16-50)65-41-43-67(75-65)72(60-35-27-56(28-36-60)52-19-11-48(4)12-20-52)68-44-42-66(76-68)71(64-40-38-62(69)74-64)59-33-25-55(26-34-59)51-17-9-47(3)10-18-51/h5-44,73,76H,1-4H3. The van der Waals surface area contributed by atoms with E-state index in [0.717, 1.165) is 112 Å². The maximum Gasteiger partial charge on any atom is 0.0737 e. The molecule has 11 aromatic rings. The number of nitrogens with one attached hydrogen (secondary N) is 2. The van der Waals surface area contributed by atoms with Crippen LogP contribution >= 0.6 is 0 Å². The van der Waals surface area contributed by atoms with E-state index in [1.165, 1.54) is 44.5 Å². The summed E-state index contributed by atoms with van der Waals surface area (Å²) in [4.78, 5) is 19.2. The van der Waals surface area contributed by atoms with Gasteiger partial charge in [-0.25, -0.2) is 9.97 Å². The first-order valence-electron chi connectivity index (χ1n) is 26.1. The van der Waals surface area contributed by atoms with Crippen molar-refractivity contribution in [3.63, 3.8) is 0 Å². The molecule has 0 spiro atoms. The van der Waals surface area contributed by atoms with Crippen LogP contribution in [0.4, 0.5) is 0 Å². The second-order valence-corrected chi connectivity index (χ2v) is 20.3. The van der Waals surface area contributed by atoms with E-state index in [-0.39, 0.29) is 0 Å². The van der Waals surface area contributed by atoms with Crippen LogP contribution < -0.4 is 0 Å². The van der Waals surface area contributed by atoms with Crippen molar-refractivity contribution in [3.05, 3.63) is 263 Å². The highest BCUT2D eigenvalue weighted by Gasteiger charge is 2.20. The van der Waals surface area contributed by atoms with E-state index in [4.69, 9.17) is 9.97 Å². The van der Waals surface area contributed by atoms with E-state index >= 15 is 0 Å². The van der Waals surface area contributed by atoms with Crippen LogP contribution in [0.1, 0.15) is 45.0 Å². The molecule has 8 aromatic carbocycles. The molecule has 0 saturated carbocycles. The van der Waals surface area contributed by atoms with Crippen LogP contribution in [0.2, 0.25) is 0 Å². The summed E-state index contributed by atoms with van der Waals surface area (Å²) in [6.07, 6.45) is 8.70. The fraction of sp³-hybridized carbons (Fsp3) is 0.0556. The minimum atomic E-state index is 0.873. The third-order valence-electron chi connectivity index (χ3n) is 15.0. The molecule has 0 aliphatic carbocycles. The first kappa shape index (κ1) is 46.2. The number of H-pyrrole nitrogens is 2. The summed E-state index contributed by atoms with van der Waals surface area (Å²) in [6.45, 7) is 8.51. The molecule has 4 nitrogen and oxygen atoms in total. The summed E-state index contributed by atoms with van der Waals surface area (Å²) in [5.74, 6) is 0. The van der Waals surface area contributed by atoms with E-state index in [0.29, 0.717) is 0 Å². The molecule has 0 radical (unpaired) electrons. The predicted octanol–water partition coefficient (Wildman–Crippen LogP) is 19.2. The Balaban J connectivity index is 1.08. The Morgan fingerprint density at radius 2 is 0.355 bits per heavy atom. The van der Waals surface area contributed by atoms with E-state index in [9.17, 15) is 0 Å². The van der Waals surface area contributed by atoms with E-state index in [2.05, 4.69) is 280 Å². The number of aryl methyl sites for hydroxylation is 4. The summed E-state index contributed by atoms with van der Waals surface area (Å²) < 4.78 is 0. The van der Waals surface area contributed by atoms with Crippen molar-refractivity contribution in [2.24, 2.45) is 0 Å². The quantitative estimate of drug-likeness (QED) is 0.159. The second-order valence-electron chi connectivity index (χ2n) is 20.3. The highest BCUT2D eigenvalue weighted by molar-refractivity contribution is 6.00. The Morgan fingerprint density at radius 3 is 0.539 bits per heavy atom. The Labute approximate surface area is 444 Å². The second kappa shape index (κ2) is 19.3. The lowest BCUT2D eigenvalue weighted by Crippen LogP contribution is -1.90. The van der Waals surface area contributed by atoms with Gasteiger partial charge in [-0.15, -0.1) is 0 Å². The van der Waals surface area contributed by atoms with E-state index in [1.54, 1.807) is 0 Å². The average molecular weight is 975 g/mol. The fourth-order valence-electron chi connectivity index (χ4n) is 10.7. The van der Waals surface area contributed by atoms with Gasteiger partial charge in [0, 0.05) is 44.3 Å². The Hall–Kier alpha value is -9.64. The van der Waals surface area contributed by atoms with Gasteiger partial charge in [0.15, 0.2) is 0 Å². The first-order chi connectivity index (χ1) is 37.2. The number of aromatic amines is 2. The van der Waals surface area contributed by atoms with Crippen LogP contribution in [0.25, 0.3) is 135 Å². The molecule has 0 fully saturated rings. The van der Waals surface area contributed by atoms with Gasteiger partial charge >= 0.3 is 0 Å². The third kappa shape index (κ3) is 8.90. The highest BCUT2D eigenvalue weighted by atomic mass is 14.8. The van der Waals surface area contributed by atoms with E-state index in [1.807, 2.05) is 0 Å². The minimum absolute atomic E-state index is 0.873. The van der Waals surface area contributed by atoms with Gasteiger partial charge in [-0.05, 0) is 143 Å². The lowest BCUT2D eigenvalue weighted by atomic mass is 9.98.